The van der Waals surface area contributed by atoms with Gasteiger partial charge in [0.05, 0.1) is 0 Å². The van der Waals surface area contributed by atoms with Crippen molar-refractivity contribution in [1.29, 1.82) is 0 Å². The molecule has 1 heterocycles. The van der Waals surface area contributed by atoms with Crippen LogP contribution in [0.1, 0.15) is 30.2 Å². The number of rotatable bonds is 5. The lowest BCUT2D eigenvalue weighted by Crippen LogP contribution is -2.41. The third-order valence-electron chi connectivity index (χ3n) is 5.17. The number of ether oxygens (including phenoxy) is 1. The van der Waals surface area contributed by atoms with Crippen molar-refractivity contribution in [3.05, 3.63) is 65.4 Å². The first-order valence-electron chi connectivity index (χ1n) is 9.33. The molecule has 4 nitrogen and oxygen atoms in total. The maximum absolute atomic E-state index is 12.3. The zero-order valence-corrected chi connectivity index (χ0v) is 15.0. The van der Waals surface area contributed by atoms with Crippen molar-refractivity contribution in [2.75, 3.05) is 6.61 Å². The molecule has 0 bridgehead atoms. The molecule has 1 aliphatic rings. The normalized spacial score (nSPS) is 16.3. The number of para-hydroxylation sites is 2. The van der Waals surface area contributed by atoms with E-state index in [1.54, 1.807) is 0 Å². The number of aromatic nitrogens is 1. The Morgan fingerprint density at radius 3 is 2.88 bits per heavy atom. The maximum Gasteiger partial charge on any atom is 0.258 e. The molecule has 134 valence electrons. The average molecular weight is 348 g/mol. The van der Waals surface area contributed by atoms with Gasteiger partial charge in [-0.1, -0.05) is 43.3 Å². The SMILES string of the molecule is CCc1ccccc1OCC(=O)NC1CCc2c([nH]c3ccccc23)C1. The standard InChI is InChI=1S/C22H24N2O2/c1-2-15-7-3-6-10-21(15)26-14-22(25)23-16-11-12-18-17-8-4-5-9-19(17)24-20(18)13-16/h3-10,16,24H,2,11-14H2,1H3,(H,23,25). The minimum absolute atomic E-state index is 0.0551. The molecule has 1 atom stereocenters. The number of carbonyl (C=O) groups excluding carboxylic acids is 1. The van der Waals surface area contributed by atoms with E-state index in [-0.39, 0.29) is 18.6 Å². The van der Waals surface area contributed by atoms with Crippen molar-refractivity contribution >= 4 is 16.8 Å². The van der Waals surface area contributed by atoms with Gasteiger partial charge >= 0.3 is 0 Å². The number of hydrogen-bond donors (Lipinski definition) is 2. The van der Waals surface area contributed by atoms with Crippen LogP contribution in [0.25, 0.3) is 10.9 Å². The number of benzene rings is 2. The number of nitrogens with one attached hydrogen (secondary N) is 2. The Morgan fingerprint density at radius 1 is 1.19 bits per heavy atom. The molecule has 2 aromatic carbocycles. The summed E-state index contributed by atoms with van der Waals surface area (Å²) in [6.45, 7) is 2.15. The second-order valence-electron chi connectivity index (χ2n) is 6.88. The first-order valence-corrected chi connectivity index (χ1v) is 9.33. The maximum atomic E-state index is 12.3. The molecular weight excluding hydrogens is 324 g/mol. The molecule has 1 unspecified atom stereocenters. The van der Waals surface area contributed by atoms with Crippen molar-refractivity contribution < 1.29 is 9.53 Å². The number of hydrogen-bond acceptors (Lipinski definition) is 2. The van der Waals surface area contributed by atoms with E-state index in [0.29, 0.717) is 0 Å². The Hall–Kier alpha value is -2.75. The molecule has 1 amide bonds. The molecule has 0 saturated heterocycles. The zero-order chi connectivity index (χ0) is 17.9. The first kappa shape index (κ1) is 16.7. The lowest BCUT2D eigenvalue weighted by Gasteiger charge is -2.23. The highest BCUT2D eigenvalue weighted by molar-refractivity contribution is 5.85. The van der Waals surface area contributed by atoms with Crippen LogP contribution in [-0.4, -0.2) is 23.5 Å². The fraction of sp³-hybridized carbons (Fsp3) is 0.318. The highest BCUT2D eigenvalue weighted by atomic mass is 16.5. The number of carbonyl (C=O) groups is 1. The number of fused-ring (bicyclic) bond motifs is 3. The van der Waals surface area contributed by atoms with Gasteiger partial charge in [-0.05, 0) is 42.5 Å². The van der Waals surface area contributed by atoms with Crippen LogP contribution in [-0.2, 0) is 24.1 Å². The van der Waals surface area contributed by atoms with Gasteiger partial charge in [0.2, 0.25) is 0 Å². The Labute approximate surface area is 153 Å². The summed E-state index contributed by atoms with van der Waals surface area (Å²) in [4.78, 5) is 15.8. The van der Waals surface area contributed by atoms with Crippen LogP contribution >= 0.6 is 0 Å². The minimum Gasteiger partial charge on any atom is -0.483 e. The highest BCUT2D eigenvalue weighted by Gasteiger charge is 2.23. The van der Waals surface area contributed by atoms with Gasteiger partial charge in [0.25, 0.3) is 5.91 Å². The van der Waals surface area contributed by atoms with Gasteiger partial charge in [0, 0.05) is 29.1 Å². The minimum atomic E-state index is -0.0551. The van der Waals surface area contributed by atoms with Gasteiger partial charge in [-0.25, -0.2) is 0 Å². The molecule has 4 heteroatoms. The van der Waals surface area contributed by atoms with Crippen molar-refractivity contribution in [3.8, 4) is 5.75 Å². The van der Waals surface area contributed by atoms with Crippen LogP contribution in [0.3, 0.4) is 0 Å². The second-order valence-corrected chi connectivity index (χ2v) is 6.88. The molecule has 0 spiro atoms. The summed E-state index contributed by atoms with van der Waals surface area (Å²) < 4.78 is 5.73. The Balaban J connectivity index is 1.37. The van der Waals surface area contributed by atoms with E-state index in [1.807, 2.05) is 24.3 Å². The van der Waals surface area contributed by atoms with Crippen molar-refractivity contribution in [2.24, 2.45) is 0 Å². The topological polar surface area (TPSA) is 54.1 Å². The molecular formula is C22H24N2O2. The van der Waals surface area contributed by atoms with E-state index in [9.17, 15) is 4.79 Å². The van der Waals surface area contributed by atoms with Crippen molar-refractivity contribution in [3.63, 3.8) is 0 Å². The summed E-state index contributed by atoms with van der Waals surface area (Å²) in [6, 6.07) is 16.5. The summed E-state index contributed by atoms with van der Waals surface area (Å²) in [7, 11) is 0. The first-order chi connectivity index (χ1) is 12.7. The van der Waals surface area contributed by atoms with Crippen LogP contribution in [0.15, 0.2) is 48.5 Å². The monoisotopic (exact) mass is 348 g/mol. The predicted molar refractivity (Wildman–Crippen MR) is 104 cm³/mol. The molecule has 26 heavy (non-hydrogen) atoms. The molecule has 3 aromatic rings. The molecule has 0 fully saturated rings. The molecule has 2 N–H and O–H groups in total. The van der Waals surface area contributed by atoms with Crippen LogP contribution in [0.5, 0.6) is 5.75 Å². The summed E-state index contributed by atoms with van der Waals surface area (Å²) in [5.74, 6) is 0.743. The van der Waals surface area contributed by atoms with Gasteiger partial charge in [-0.2, -0.15) is 0 Å². The quantitative estimate of drug-likeness (QED) is 0.737. The van der Waals surface area contributed by atoms with E-state index in [1.165, 1.54) is 22.2 Å². The Bertz CT molecular complexity index is 929. The molecule has 1 aliphatic carbocycles. The van der Waals surface area contributed by atoms with Gasteiger partial charge in [-0.15, -0.1) is 0 Å². The Morgan fingerprint density at radius 2 is 2.00 bits per heavy atom. The number of aromatic amines is 1. The third kappa shape index (κ3) is 3.32. The van der Waals surface area contributed by atoms with Crippen LogP contribution in [0.2, 0.25) is 0 Å². The van der Waals surface area contributed by atoms with E-state index >= 15 is 0 Å². The van der Waals surface area contributed by atoms with E-state index < -0.39 is 0 Å². The number of amides is 1. The third-order valence-corrected chi connectivity index (χ3v) is 5.17. The average Bonchev–Trinajstić information content (AvgIpc) is 3.04. The summed E-state index contributed by atoms with van der Waals surface area (Å²) in [5, 5.41) is 4.44. The number of aryl methyl sites for hydroxylation is 2. The van der Waals surface area contributed by atoms with Gasteiger partial charge in [0.15, 0.2) is 6.61 Å². The van der Waals surface area contributed by atoms with Crippen LogP contribution in [0.4, 0.5) is 0 Å². The van der Waals surface area contributed by atoms with Crippen molar-refractivity contribution in [2.45, 2.75) is 38.6 Å². The summed E-state index contributed by atoms with van der Waals surface area (Å²) >= 11 is 0. The molecule has 1 aromatic heterocycles. The predicted octanol–water partition coefficient (Wildman–Crippen LogP) is 3.78. The molecule has 0 saturated carbocycles. The zero-order valence-electron chi connectivity index (χ0n) is 15.0. The lowest BCUT2D eigenvalue weighted by atomic mass is 9.92. The summed E-state index contributed by atoms with van der Waals surface area (Å²) in [6.07, 6.45) is 3.70. The molecule has 0 aliphatic heterocycles. The van der Waals surface area contributed by atoms with Gasteiger partial charge < -0.3 is 15.0 Å². The highest BCUT2D eigenvalue weighted by Crippen LogP contribution is 2.29. The fourth-order valence-corrected chi connectivity index (χ4v) is 3.86. The number of H-pyrrole nitrogens is 1. The second kappa shape index (κ2) is 7.24. The lowest BCUT2D eigenvalue weighted by molar-refractivity contribution is -0.123. The van der Waals surface area contributed by atoms with Crippen LogP contribution in [0, 0.1) is 0 Å². The summed E-state index contributed by atoms with van der Waals surface area (Å²) in [5.41, 5.74) is 4.96. The van der Waals surface area contributed by atoms with E-state index in [2.05, 4.69) is 41.5 Å². The largest absolute Gasteiger partial charge is 0.483 e. The molecule has 0 radical (unpaired) electrons. The van der Waals surface area contributed by atoms with Crippen molar-refractivity contribution in [1.82, 2.24) is 10.3 Å². The molecule has 4 rings (SSSR count). The fourth-order valence-electron chi connectivity index (χ4n) is 3.86. The van der Waals surface area contributed by atoms with Crippen LogP contribution < -0.4 is 10.1 Å². The van der Waals surface area contributed by atoms with Gasteiger partial charge in [0.1, 0.15) is 5.75 Å². The Kier molecular flexibility index (Phi) is 4.65. The van der Waals surface area contributed by atoms with E-state index in [4.69, 9.17) is 4.74 Å². The van der Waals surface area contributed by atoms with Gasteiger partial charge in [-0.3, -0.25) is 4.79 Å². The smallest absolute Gasteiger partial charge is 0.258 e. The van der Waals surface area contributed by atoms with E-state index in [0.717, 1.165) is 37.0 Å².